The number of alkyl halides is 1. The van der Waals surface area contributed by atoms with E-state index in [0.29, 0.717) is 5.69 Å². The van der Waals surface area contributed by atoms with Crippen molar-refractivity contribution in [3.05, 3.63) is 22.0 Å². The molecular weight excluding hydrogens is 125 g/mol. The molecule has 1 aromatic heterocycles. The molecule has 4 heteroatoms. The lowest BCUT2D eigenvalue weighted by molar-refractivity contribution is 0.377. The third-order valence-corrected chi connectivity index (χ3v) is 1.05. The lowest BCUT2D eigenvalue weighted by Crippen LogP contribution is -1.94. The van der Waals surface area contributed by atoms with E-state index in [9.17, 15) is 9.18 Å². The van der Waals surface area contributed by atoms with Gasteiger partial charge < -0.3 is 4.42 Å². The Hall–Kier alpha value is -1.06. The molecule has 0 saturated carbocycles. The van der Waals surface area contributed by atoms with Crippen molar-refractivity contribution >= 4 is 0 Å². The van der Waals surface area contributed by atoms with Crippen LogP contribution in [0.2, 0.25) is 0 Å². The molecular formula is C5H6FNO2. The number of aromatic amines is 1. The summed E-state index contributed by atoms with van der Waals surface area (Å²) >= 11 is 0. The van der Waals surface area contributed by atoms with Crippen LogP contribution < -0.4 is 5.76 Å². The van der Waals surface area contributed by atoms with Crippen LogP contribution in [0, 0.1) is 6.92 Å². The van der Waals surface area contributed by atoms with Gasteiger partial charge in [-0.25, -0.2) is 9.18 Å². The summed E-state index contributed by atoms with van der Waals surface area (Å²) in [6.07, 6.45) is 0. The molecule has 0 bridgehead atoms. The first kappa shape index (κ1) is 6.07. The van der Waals surface area contributed by atoms with Gasteiger partial charge in [-0.2, -0.15) is 0 Å². The highest BCUT2D eigenvalue weighted by Gasteiger charge is 2.02. The van der Waals surface area contributed by atoms with E-state index in [2.05, 4.69) is 9.40 Å². The zero-order valence-electron chi connectivity index (χ0n) is 4.90. The van der Waals surface area contributed by atoms with Crippen molar-refractivity contribution in [3.63, 3.8) is 0 Å². The molecule has 0 spiro atoms. The average Bonchev–Trinajstić information content (AvgIpc) is 2.10. The zero-order valence-corrected chi connectivity index (χ0v) is 4.90. The van der Waals surface area contributed by atoms with Crippen LogP contribution in [0.25, 0.3) is 0 Å². The predicted octanol–water partition coefficient (Wildman–Crippen LogP) is 0.746. The number of hydrogen-bond donors (Lipinski definition) is 1. The number of aromatic nitrogens is 1. The van der Waals surface area contributed by atoms with E-state index in [0.717, 1.165) is 0 Å². The molecule has 50 valence electrons. The van der Waals surface area contributed by atoms with Crippen LogP contribution in [0.15, 0.2) is 9.21 Å². The quantitative estimate of drug-likeness (QED) is 0.611. The van der Waals surface area contributed by atoms with Crippen molar-refractivity contribution in [2.24, 2.45) is 0 Å². The molecule has 0 unspecified atom stereocenters. The van der Waals surface area contributed by atoms with Gasteiger partial charge >= 0.3 is 5.76 Å². The lowest BCUT2D eigenvalue weighted by Gasteiger charge is -1.82. The minimum Gasteiger partial charge on any atom is -0.410 e. The summed E-state index contributed by atoms with van der Waals surface area (Å²) in [4.78, 5) is 12.6. The highest BCUT2D eigenvalue weighted by atomic mass is 19.1. The standard InChI is InChI=1S/C5H6FNO2/c1-3-4(2-6)9-5(8)7-3/h2H2,1H3,(H,7,8). The van der Waals surface area contributed by atoms with Crippen LogP contribution >= 0.6 is 0 Å². The Morgan fingerprint density at radius 2 is 2.44 bits per heavy atom. The second-order valence-electron chi connectivity index (χ2n) is 1.70. The maximum Gasteiger partial charge on any atom is 0.416 e. The molecule has 1 rings (SSSR count). The molecule has 0 aromatic carbocycles. The highest BCUT2D eigenvalue weighted by Crippen LogP contribution is 2.01. The van der Waals surface area contributed by atoms with Gasteiger partial charge in [-0.15, -0.1) is 0 Å². The molecule has 0 atom stereocenters. The SMILES string of the molecule is Cc1[nH]c(=O)oc1CF. The van der Waals surface area contributed by atoms with Gasteiger partial charge in [0.15, 0.2) is 5.76 Å². The van der Waals surface area contributed by atoms with E-state index in [4.69, 9.17) is 0 Å². The number of hydrogen-bond acceptors (Lipinski definition) is 2. The maximum absolute atomic E-state index is 11.7. The van der Waals surface area contributed by atoms with E-state index in [1.165, 1.54) is 0 Å². The van der Waals surface area contributed by atoms with Crippen molar-refractivity contribution < 1.29 is 8.81 Å². The zero-order chi connectivity index (χ0) is 6.85. The molecule has 0 aliphatic heterocycles. The van der Waals surface area contributed by atoms with Crippen LogP contribution in [0.5, 0.6) is 0 Å². The Morgan fingerprint density at radius 1 is 1.78 bits per heavy atom. The van der Waals surface area contributed by atoms with E-state index >= 15 is 0 Å². The Bertz CT molecular complexity index is 250. The van der Waals surface area contributed by atoms with E-state index in [1.807, 2.05) is 0 Å². The van der Waals surface area contributed by atoms with Gasteiger partial charge in [-0.05, 0) is 6.92 Å². The minimum atomic E-state index is -0.732. The van der Waals surface area contributed by atoms with Crippen molar-refractivity contribution in [1.29, 1.82) is 0 Å². The monoisotopic (exact) mass is 131 g/mol. The summed E-state index contributed by atoms with van der Waals surface area (Å²) in [5.74, 6) is -0.514. The Labute approximate surface area is 50.5 Å². The van der Waals surface area contributed by atoms with Gasteiger partial charge in [-0.1, -0.05) is 0 Å². The molecule has 1 N–H and O–H groups in total. The van der Waals surface area contributed by atoms with Crippen molar-refractivity contribution in [3.8, 4) is 0 Å². The van der Waals surface area contributed by atoms with E-state index in [-0.39, 0.29) is 5.76 Å². The number of halogens is 1. The number of nitrogens with one attached hydrogen (secondary N) is 1. The molecule has 0 radical (unpaired) electrons. The molecule has 0 aliphatic rings. The summed E-state index contributed by atoms with van der Waals surface area (Å²) < 4.78 is 16.1. The summed E-state index contributed by atoms with van der Waals surface area (Å²) in [5.41, 5.74) is 0.461. The normalized spacial score (nSPS) is 10.0. The summed E-state index contributed by atoms with van der Waals surface area (Å²) in [7, 11) is 0. The second-order valence-corrected chi connectivity index (χ2v) is 1.70. The van der Waals surface area contributed by atoms with Crippen molar-refractivity contribution in [2.75, 3.05) is 0 Å². The third-order valence-electron chi connectivity index (χ3n) is 1.05. The summed E-state index contributed by atoms with van der Waals surface area (Å²) in [5, 5.41) is 0. The van der Waals surface area contributed by atoms with Gasteiger partial charge in [0.05, 0.1) is 5.69 Å². The first-order valence-corrected chi connectivity index (χ1v) is 2.48. The Balaban J connectivity index is 3.16. The summed E-state index contributed by atoms with van der Waals surface area (Å²) in [6, 6.07) is 0. The predicted molar refractivity (Wildman–Crippen MR) is 28.9 cm³/mol. The lowest BCUT2D eigenvalue weighted by atomic mass is 10.4. The van der Waals surface area contributed by atoms with Gasteiger partial charge in [0, 0.05) is 0 Å². The van der Waals surface area contributed by atoms with Gasteiger partial charge in [0.1, 0.15) is 6.67 Å². The van der Waals surface area contributed by atoms with Crippen LogP contribution in [0.4, 0.5) is 4.39 Å². The maximum atomic E-state index is 11.7. The fourth-order valence-electron chi connectivity index (χ4n) is 0.564. The van der Waals surface area contributed by atoms with Crippen LogP contribution in [-0.2, 0) is 6.67 Å². The van der Waals surface area contributed by atoms with Crippen LogP contribution in [0.3, 0.4) is 0 Å². The molecule has 1 heterocycles. The molecule has 0 fully saturated rings. The molecule has 9 heavy (non-hydrogen) atoms. The number of rotatable bonds is 1. The van der Waals surface area contributed by atoms with Gasteiger partial charge in [0.25, 0.3) is 0 Å². The van der Waals surface area contributed by atoms with E-state index in [1.54, 1.807) is 6.92 Å². The Morgan fingerprint density at radius 3 is 2.67 bits per heavy atom. The third kappa shape index (κ3) is 1.01. The van der Waals surface area contributed by atoms with Crippen molar-refractivity contribution in [2.45, 2.75) is 13.6 Å². The number of oxazole rings is 1. The minimum absolute atomic E-state index is 0.0833. The fourth-order valence-corrected chi connectivity index (χ4v) is 0.564. The average molecular weight is 131 g/mol. The number of H-pyrrole nitrogens is 1. The largest absolute Gasteiger partial charge is 0.416 e. The topological polar surface area (TPSA) is 46.0 Å². The fraction of sp³-hybridized carbons (Fsp3) is 0.400. The van der Waals surface area contributed by atoms with Crippen molar-refractivity contribution in [1.82, 2.24) is 4.98 Å². The van der Waals surface area contributed by atoms with E-state index < -0.39 is 12.4 Å². The number of aryl methyl sites for hydroxylation is 1. The molecule has 0 amide bonds. The first-order valence-electron chi connectivity index (χ1n) is 2.48. The first-order chi connectivity index (χ1) is 4.24. The molecule has 3 nitrogen and oxygen atoms in total. The molecule has 0 aliphatic carbocycles. The molecule has 0 saturated heterocycles. The highest BCUT2D eigenvalue weighted by molar-refractivity contribution is 5.02. The van der Waals surface area contributed by atoms with Gasteiger partial charge in [0.2, 0.25) is 0 Å². The summed E-state index contributed by atoms with van der Waals surface area (Å²) in [6.45, 7) is 0.852. The van der Waals surface area contributed by atoms with Crippen LogP contribution in [0.1, 0.15) is 11.5 Å². The van der Waals surface area contributed by atoms with Gasteiger partial charge in [-0.3, -0.25) is 4.98 Å². The second kappa shape index (κ2) is 2.05. The smallest absolute Gasteiger partial charge is 0.410 e. The van der Waals surface area contributed by atoms with Crippen LogP contribution in [-0.4, -0.2) is 4.98 Å². The Kier molecular flexibility index (Phi) is 1.38. The molecule has 1 aromatic rings.